The van der Waals surface area contributed by atoms with Gasteiger partial charge < -0.3 is 10.5 Å². The van der Waals surface area contributed by atoms with E-state index in [0.717, 1.165) is 0 Å². The molecule has 0 saturated carbocycles. The standard InChI is InChI=1S/C11H14N2O/c1-8(2)7-14-11-9(6-12)4-3-5-10(11)13/h3-5,8H,7,13H2,1-2H3. The van der Waals surface area contributed by atoms with E-state index < -0.39 is 0 Å². The number of benzene rings is 1. The number of rotatable bonds is 3. The van der Waals surface area contributed by atoms with Gasteiger partial charge in [0.1, 0.15) is 6.07 Å². The maximum atomic E-state index is 8.82. The number of hydrogen-bond donors (Lipinski definition) is 1. The topological polar surface area (TPSA) is 59.0 Å². The summed E-state index contributed by atoms with van der Waals surface area (Å²) in [6.07, 6.45) is 0. The first kappa shape index (κ1) is 10.4. The number of anilines is 1. The lowest BCUT2D eigenvalue weighted by Crippen LogP contribution is -2.07. The molecule has 0 radical (unpaired) electrons. The van der Waals surface area contributed by atoms with Crippen LogP contribution in [0, 0.1) is 17.2 Å². The van der Waals surface area contributed by atoms with Crippen LogP contribution in [-0.4, -0.2) is 6.61 Å². The average molecular weight is 190 g/mol. The van der Waals surface area contributed by atoms with Gasteiger partial charge in [0, 0.05) is 0 Å². The molecule has 0 amide bonds. The van der Waals surface area contributed by atoms with Gasteiger partial charge in [0.25, 0.3) is 0 Å². The third kappa shape index (κ3) is 2.40. The van der Waals surface area contributed by atoms with Gasteiger partial charge >= 0.3 is 0 Å². The van der Waals surface area contributed by atoms with E-state index in [2.05, 4.69) is 6.07 Å². The number of hydrogen-bond acceptors (Lipinski definition) is 3. The second-order valence-corrected chi connectivity index (χ2v) is 3.54. The molecular weight excluding hydrogens is 176 g/mol. The first-order valence-corrected chi connectivity index (χ1v) is 4.56. The van der Waals surface area contributed by atoms with E-state index in [0.29, 0.717) is 29.5 Å². The van der Waals surface area contributed by atoms with Crippen molar-refractivity contribution in [2.24, 2.45) is 5.92 Å². The highest BCUT2D eigenvalue weighted by Gasteiger charge is 2.07. The molecule has 1 rings (SSSR count). The highest BCUT2D eigenvalue weighted by Crippen LogP contribution is 2.25. The molecule has 0 aliphatic heterocycles. The highest BCUT2D eigenvalue weighted by molar-refractivity contribution is 5.60. The van der Waals surface area contributed by atoms with Crippen molar-refractivity contribution in [1.82, 2.24) is 0 Å². The van der Waals surface area contributed by atoms with Crippen molar-refractivity contribution in [1.29, 1.82) is 5.26 Å². The molecule has 0 spiro atoms. The summed E-state index contributed by atoms with van der Waals surface area (Å²) < 4.78 is 5.47. The summed E-state index contributed by atoms with van der Waals surface area (Å²) in [5.41, 5.74) is 6.72. The normalized spacial score (nSPS) is 9.86. The van der Waals surface area contributed by atoms with Gasteiger partial charge in [0.2, 0.25) is 0 Å². The summed E-state index contributed by atoms with van der Waals surface area (Å²) in [5, 5.41) is 8.82. The number of nitrogens with zero attached hydrogens (tertiary/aromatic N) is 1. The van der Waals surface area contributed by atoms with Crippen LogP contribution in [0.5, 0.6) is 5.75 Å². The quantitative estimate of drug-likeness (QED) is 0.743. The lowest BCUT2D eigenvalue weighted by atomic mass is 10.2. The largest absolute Gasteiger partial charge is 0.490 e. The fourth-order valence-electron chi connectivity index (χ4n) is 1.05. The Hall–Kier alpha value is -1.69. The predicted octanol–water partition coefficient (Wildman–Crippen LogP) is 2.18. The van der Waals surface area contributed by atoms with Crippen molar-refractivity contribution in [3.05, 3.63) is 23.8 Å². The van der Waals surface area contributed by atoms with E-state index in [1.165, 1.54) is 0 Å². The van der Waals surface area contributed by atoms with Gasteiger partial charge in [-0.2, -0.15) is 5.26 Å². The van der Waals surface area contributed by atoms with Gasteiger partial charge in [0.05, 0.1) is 17.9 Å². The molecule has 0 saturated heterocycles. The predicted molar refractivity (Wildman–Crippen MR) is 55.9 cm³/mol. The van der Waals surface area contributed by atoms with Crippen molar-refractivity contribution in [3.63, 3.8) is 0 Å². The third-order valence-corrected chi connectivity index (χ3v) is 1.73. The Labute approximate surface area is 84.1 Å². The van der Waals surface area contributed by atoms with Crippen molar-refractivity contribution in [3.8, 4) is 11.8 Å². The van der Waals surface area contributed by atoms with Crippen LogP contribution in [-0.2, 0) is 0 Å². The number of nitrogen functional groups attached to an aromatic ring is 1. The van der Waals surface area contributed by atoms with E-state index in [1.807, 2.05) is 13.8 Å². The number of nitriles is 1. The summed E-state index contributed by atoms with van der Waals surface area (Å²) in [6.45, 7) is 4.67. The Bertz CT molecular complexity index is 353. The molecule has 14 heavy (non-hydrogen) atoms. The van der Waals surface area contributed by atoms with Crippen LogP contribution in [0.25, 0.3) is 0 Å². The summed E-state index contributed by atoms with van der Waals surface area (Å²) >= 11 is 0. The minimum atomic E-state index is 0.418. The average Bonchev–Trinajstić information content (AvgIpc) is 2.15. The molecule has 3 nitrogen and oxygen atoms in total. The molecule has 0 fully saturated rings. The van der Waals surface area contributed by atoms with Crippen molar-refractivity contribution in [2.75, 3.05) is 12.3 Å². The molecule has 3 heteroatoms. The zero-order valence-electron chi connectivity index (χ0n) is 8.45. The Morgan fingerprint density at radius 1 is 1.50 bits per heavy atom. The SMILES string of the molecule is CC(C)COc1c(N)cccc1C#N. The fraction of sp³-hybridized carbons (Fsp3) is 0.364. The number of ether oxygens (including phenoxy) is 1. The Morgan fingerprint density at radius 3 is 2.79 bits per heavy atom. The zero-order chi connectivity index (χ0) is 10.6. The molecule has 0 heterocycles. The number of nitrogens with two attached hydrogens (primary N) is 1. The van der Waals surface area contributed by atoms with Crippen LogP contribution in [0.2, 0.25) is 0 Å². The summed E-state index contributed by atoms with van der Waals surface area (Å²) in [7, 11) is 0. The lowest BCUT2D eigenvalue weighted by molar-refractivity contribution is 0.272. The monoisotopic (exact) mass is 190 g/mol. The van der Waals surface area contributed by atoms with Crippen LogP contribution in [0.4, 0.5) is 5.69 Å². The summed E-state index contributed by atoms with van der Waals surface area (Å²) in [4.78, 5) is 0. The molecule has 0 atom stereocenters. The summed E-state index contributed by atoms with van der Waals surface area (Å²) in [6, 6.07) is 7.23. The van der Waals surface area contributed by atoms with Crippen molar-refractivity contribution < 1.29 is 4.74 Å². The Kier molecular flexibility index (Phi) is 3.35. The van der Waals surface area contributed by atoms with E-state index in [-0.39, 0.29) is 0 Å². The van der Waals surface area contributed by atoms with E-state index >= 15 is 0 Å². The Morgan fingerprint density at radius 2 is 2.21 bits per heavy atom. The fourth-order valence-corrected chi connectivity index (χ4v) is 1.05. The first-order chi connectivity index (χ1) is 6.65. The lowest BCUT2D eigenvalue weighted by Gasteiger charge is -2.11. The van der Waals surface area contributed by atoms with Crippen molar-refractivity contribution in [2.45, 2.75) is 13.8 Å². The molecule has 0 aliphatic rings. The first-order valence-electron chi connectivity index (χ1n) is 4.56. The zero-order valence-corrected chi connectivity index (χ0v) is 8.45. The van der Waals surface area contributed by atoms with Crippen LogP contribution in [0.1, 0.15) is 19.4 Å². The number of para-hydroxylation sites is 1. The molecule has 0 aliphatic carbocycles. The maximum Gasteiger partial charge on any atom is 0.159 e. The molecule has 2 N–H and O–H groups in total. The third-order valence-electron chi connectivity index (χ3n) is 1.73. The van der Waals surface area contributed by atoms with E-state index in [4.69, 9.17) is 15.7 Å². The molecular formula is C11H14N2O. The van der Waals surface area contributed by atoms with Gasteiger partial charge in [-0.25, -0.2) is 0 Å². The second kappa shape index (κ2) is 4.52. The van der Waals surface area contributed by atoms with Crippen LogP contribution >= 0.6 is 0 Å². The van der Waals surface area contributed by atoms with Gasteiger partial charge in [-0.3, -0.25) is 0 Å². The summed E-state index contributed by atoms with van der Waals surface area (Å²) in [5.74, 6) is 0.921. The Balaban J connectivity index is 2.89. The molecule has 74 valence electrons. The highest BCUT2D eigenvalue weighted by atomic mass is 16.5. The minimum absolute atomic E-state index is 0.418. The van der Waals surface area contributed by atoms with Crippen LogP contribution in [0.15, 0.2) is 18.2 Å². The maximum absolute atomic E-state index is 8.82. The van der Waals surface area contributed by atoms with Crippen molar-refractivity contribution >= 4 is 5.69 Å². The van der Waals surface area contributed by atoms with Gasteiger partial charge in [-0.05, 0) is 18.1 Å². The second-order valence-electron chi connectivity index (χ2n) is 3.54. The van der Waals surface area contributed by atoms with Crippen LogP contribution < -0.4 is 10.5 Å². The van der Waals surface area contributed by atoms with Crippen LogP contribution in [0.3, 0.4) is 0 Å². The van der Waals surface area contributed by atoms with E-state index in [9.17, 15) is 0 Å². The van der Waals surface area contributed by atoms with Gasteiger partial charge in [0.15, 0.2) is 5.75 Å². The van der Waals surface area contributed by atoms with E-state index in [1.54, 1.807) is 18.2 Å². The molecule has 0 unspecified atom stereocenters. The van der Waals surface area contributed by atoms with Gasteiger partial charge in [-0.1, -0.05) is 19.9 Å². The molecule has 0 bridgehead atoms. The molecule has 1 aromatic carbocycles. The van der Waals surface area contributed by atoms with Gasteiger partial charge in [-0.15, -0.1) is 0 Å². The minimum Gasteiger partial charge on any atom is -0.490 e. The molecule has 0 aromatic heterocycles. The smallest absolute Gasteiger partial charge is 0.159 e. The molecule has 1 aromatic rings.